The summed E-state index contributed by atoms with van der Waals surface area (Å²) in [6.45, 7) is 2.06. The Morgan fingerprint density at radius 3 is 2.65 bits per heavy atom. The van der Waals surface area contributed by atoms with Crippen LogP contribution < -0.4 is 5.32 Å². The van der Waals surface area contributed by atoms with Crippen LogP contribution in [-0.4, -0.2) is 23.0 Å². The number of carbonyl (C=O) groups excluding carboxylic acids is 1. The van der Waals surface area contributed by atoms with E-state index in [1.807, 2.05) is 0 Å². The molecule has 2 unspecified atom stereocenters. The molecule has 1 N–H and O–H groups in total. The topological polar surface area (TPSA) is 29.1 Å². The molecule has 6 heteroatoms. The molecule has 17 heavy (non-hydrogen) atoms. The Bertz CT molecular complexity index is 282. The summed E-state index contributed by atoms with van der Waals surface area (Å²) in [4.78, 5) is 11.3. The second kappa shape index (κ2) is 5.59. The SMILES string of the molecule is CC1CCCC(CBr)(NC(=O)CC(F)(F)F)C1. The number of carbonyl (C=O) groups is 1. The first kappa shape index (κ1) is 14.8. The van der Waals surface area contributed by atoms with Gasteiger partial charge in [0.05, 0.1) is 0 Å². The van der Waals surface area contributed by atoms with Gasteiger partial charge in [-0.05, 0) is 18.8 Å². The standard InChI is InChI=1S/C11H17BrF3NO/c1-8-3-2-4-10(5-8,7-12)16-9(17)6-11(13,14)15/h8H,2-7H2,1H3,(H,16,17). The van der Waals surface area contributed by atoms with Crippen molar-refractivity contribution in [1.29, 1.82) is 0 Å². The van der Waals surface area contributed by atoms with Crippen molar-refractivity contribution in [1.82, 2.24) is 5.32 Å². The minimum absolute atomic E-state index is 0.437. The van der Waals surface area contributed by atoms with Crippen molar-refractivity contribution in [2.45, 2.75) is 50.7 Å². The molecular formula is C11H17BrF3NO. The van der Waals surface area contributed by atoms with Crippen LogP contribution in [-0.2, 0) is 4.79 Å². The van der Waals surface area contributed by atoms with Crippen molar-refractivity contribution in [3.8, 4) is 0 Å². The molecule has 1 fully saturated rings. The summed E-state index contributed by atoms with van der Waals surface area (Å²) >= 11 is 3.31. The van der Waals surface area contributed by atoms with Crippen LogP contribution in [0.2, 0.25) is 0 Å². The van der Waals surface area contributed by atoms with E-state index >= 15 is 0 Å². The lowest BCUT2D eigenvalue weighted by atomic mass is 9.77. The molecule has 0 aromatic rings. The molecule has 2 nitrogen and oxygen atoms in total. The third-order valence-corrected chi connectivity index (χ3v) is 4.19. The van der Waals surface area contributed by atoms with Crippen molar-refractivity contribution in [2.24, 2.45) is 5.92 Å². The summed E-state index contributed by atoms with van der Waals surface area (Å²) in [5.41, 5.74) is -0.500. The number of amides is 1. The van der Waals surface area contributed by atoms with Gasteiger partial charge in [0, 0.05) is 10.9 Å². The molecule has 0 aromatic carbocycles. The fraction of sp³-hybridized carbons (Fsp3) is 0.909. The lowest BCUT2D eigenvalue weighted by Crippen LogP contribution is -2.53. The Kier molecular flexibility index (Phi) is 4.86. The normalized spacial score (nSPS) is 30.1. The minimum atomic E-state index is -4.43. The molecule has 0 radical (unpaired) electrons. The lowest BCUT2D eigenvalue weighted by Gasteiger charge is -2.39. The molecule has 0 aliphatic heterocycles. The van der Waals surface area contributed by atoms with E-state index in [4.69, 9.17) is 0 Å². The molecular weight excluding hydrogens is 299 g/mol. The minimum Gasteiger partial charge on any atom is -0.350 e. The molecule has 1 aliphatic rings. The second-order valence-corrected chi connectivity index (χ2v) is 5.52. The van der Waals surface area contributed by atoms with E-state index in [1.165, 1.54) is 0 Å². The van der Waals surface area contributed by atoms with Gasteiger partial charge in [0.25, 0.3) is 0 Å². The number of hydrogen-bond donors (Lipinski definition) is 1. The van der Waals surface area contributed by atoms with Crippen molar-refractivity contribution in [2.75, 3.05) is 5.33 Å². The van der Waals surface area contributed by atoms with E-state index in [2.05, 4.69) is 28.2 Å². The van der Waals surface area contributed by atoms with Crippen LogP contribution in [0.1, 0.15) is 39.0 Å². The van der Waals surface area contributed by atoms with Gasteiger partial charge in [-0.2, -0.15) is 13.2 Å². The number of alkyl halides is 4. The molecule has 0 spiro atoms. The first-order valence-electron chi connectivity index (χ1n) is 5.70. The van der Waals surface area contributed by atoms with E-state index in [0.29, 0.717) is 11.2 Å². The molecule has 1 saturated carbocycles. The predicted molar refractivity (Wildman–Crippen MR) is 63.0 cm³/mol. The molecule has 1 amide bonds. The Labute approximate surface area is 107 Å². The van der Waals surface area contributed by atoms with Gasteiger partial charge in [-0.1, -0.05) is 35.7 Å². The zero-order valence-electron chi connectivity index (χ0n) is 9.74. The van der Waals surface area contributed by atoms with Crippen LogP contribution in [0, 0.1) is 5.92 Å². The van der Waals surface area contributed by atoms with E-state index in [9.17, 15) is 18.0 Å². The van der Waals surface area contributed by atoms with Gasteiger partial charge < -0.3 is 5.32 Å². The fourth-order valence-corrected chi connectivity index (χ4v) is 3.10. The molecule has 0 aromatic heterocycles. The summed E-state index contributed by atoms with van der Waals surface area (Å²) < 4.78 is 36.3. The summed E-state index contributed by atoms with van der Waals surface area (Å²) in [6, 6.07) is 0. The first-order valence-corrected chi connectivity index (χ1v) is 6.82. The third kappa shape index (κ3) is 4.85. The van der Waals surface area contributed by atoms with Crippen LogP contribution in [0.25, 0.3) is 0 Å². The Balaban J connectivity index is 2.59. The monoisotopic (exact) mass is 315 g/mol. The number of halogens is 4. The van der Waals surface area contributed by atoms with Gasteiger partial charge in [-0.15, -0.1) is 0 Å². The number of nitrogens with one attached hydrogen (secondary N) is 1. The van der Waals surface area contributed by atoms with Crippen LogP contribution in [0.15, 0.2) is 0 Å². The van der Waals surface area contributed by atoms with Gasteiger partial charge in [0.15, 0.2) is 0 Å². The van der Waals surface area contributed by atoms with E-state index in [1.54, 1.807) is 0 Å². The van der Waals surface area contributed by atoms with Gasteiger partial charge in [-0.25, -0.2) is 0 Å². The van der Waals surface area contributed by atoms with Gasteiger partial charge in [0.2, 0.25) is 5.91 Å². The highest BCUT2D eigenvalue weighted by atomic mass is 79.9. The summed E-state index contributed by atoms with van der Waals surface area (Å²) in [5, 5.41) is 3.07. The van der Waals surface area contributed by atoms with Crippen molar-refractivity contribution in [3.63, 3.8) is 0 Å². The molecule has 0 bridgehead atoms. The maximum Gasteiger partial charge on any atom is 0.397 e. The quantitative estimate of drug-likeness (QED) is 0.795. The Morgan fingerprint density at radius 1 is 1.53 bits per heavy atom. The zero-order chi connectivity index (χ0) is 13.1. The second-order valence-electron chi connectivity index (χ2n) is 4.96. The Morgan fingerprint density at radius 2 is 2.18 bits per heavy atom. The number of hydrogen-bond acceptors (Lipinski definition) is 1. The largest absolute Gasteiger partial charge is 0.397 e. The lowest BCUT2D eigenvalue weighted by molar-refractivity contribution is -0.155. The molecule has 1 aliphatic carbocycles. The molecule has 0 heterocycles. The molecule has 0 saturated heterocycles. The van der Waals surface area contributed by atoms with Crippen molar-refractivity contribution >= 4 is 21.8 Å². The van der Waals surface area contributed by atoms with E-state index < -0.39 is 24.0 Å². The molecule has 1 rings (SSSR count). The van der Waals surface area contributed by atoms with Crippen LogP contribution in [0.4, 0.5) is 13.2 Å². The summed E-state index contributed by atoms with van der Waals surface area (Å²) in [6.07, 6.45) is -2.33. The molecule has 2 atom stereocenters. The predicted octanol–water partition coefficient (Wildman–Crippen LogP) is 3.40. The van der Waals surface area contributed by atoms with Crippen LogP contribution in [0.3, 0.4) is 0 Å². The van der Waals surface area contributed by atoms with Crippen LogP contribution in [0.5, 0.6) is 0 Å². The van der Waals surface area contributed by atoms with Gasteiger partial charge in [0.1, 0.15) is 6.42 Å². The summed E-state index contributed by atoms with van der Waals surface area (Å²) in [5.74, 6) is -0.487. The van der Waals surface area contributed by atoms with Crippen LogP contribution >= 0.6 is 15.9 Å². The average molecular weight is 316 g/mol. The Hall–Kier alpha value is -0.260. The maximum absolute atomic E-state index is 12.1. The zero-order valence-corrected chi connectivity index (χ0v) is 11.3. The number of rotatable bonds is 3. The maximum atomic E-state index is 12.1. The average Bonchev–Trinajstić information content (AvgIpc) is 2.14. The fourth-order valence-electron chi connectivity index (χ4n) is 2.45. The third-order valence-electron chi connectivity index (χ3n) is 3.11. The first-order chi connectivity index (χ1) is 7.76. The van der Waals surface area contributed by atoms with Crippen molar-refractivity contribution in [3.05, 3.63) is 0 Å². The van der Waals surface area contributed by atoms with Gasteiger partial charge >= 0.3 is 6.18 Å². The smallest absolute Gasteiger partial charge is 0.350 e. The van der Waals surface area contributed by atoms with Crippen molar-refractivity contribution < 1.29 is 18.0 Å². The van der Waals surface area contributed by atoms with Gasteiger partial charge in [-0.3, -0.25) is 4.79 Å². The highest BCUT2D eigenvalue weighted by Crippen LogP contribution is 2.34. The van der Waals surface area contributed by atoms with E-state index in [0.717, 1.165) is 25.7 Å². The van der Waals surface area contributed by atoms with E-state index in [-0.39, 0.29) is 0 Å². The highest BCUT2D eigenvalue weighted by Gasteiger charge is 2.38. The summed E-state index contributed by atoms with van der Waals surface area (Å²) in [7, 11) is 0. The molecule has 100 valence electrons. The highest BCUT2D eigenvalue weighted by molar-refractivity contribution is 9.09.